The van der Waals surface area contributed by atoms with Gasteiger partial charge in [0.15, 0.2) is 0 Å². The molecule has 28 heavy (non-hydrogen) atoms. The highest BCUT2D eigenvalue weighted by Crippen LogP contribution is 2.40. The molecule has 1 unspecified atom stereocenters. The molecule has 152 valence electrons. The van der Waals surface area contributed by atoms with E-state index in [-0.39, 0.29) is 23.3 Å². The zero-order chi connectivity index (χ0) is 19.6. The average molecular weight is 387 g/mol. The molecule has 3 saturated heterocycles. The van der Waals surface area contributed by atoms with Gasteiger partial charge in [0.05, 0.1) is 30.7 Å². The van der Waals surface area contributed by atoms with Crippen molar-refractivity contribution < 1.29 is 14.3 Å². The van der Waals surface area contributed by atoms with E-state index in [2.05, 4.69) is 15.3 Å². The van der Waals surface area contributed by atoms with Crippen LogP contribution in [0.5, 0.6) is 0 Å². The number of nitrogens with one attached hydrogen (secondary N) is 1. The van der Waals surface area contributed by atoms with Gasteiger partial charge in [-0.05, 0) is 31.6 Å². The van der Waals surface area contributed by atoms with Crippen LogP contribution in [-0.2, 0) is 20.9 Å². The molecular weight excluding hydrogens is 358 g/mol. The molecule has 8 heteroatoms. The van der Waals surface area contributed by atoms with Gasteiger partial charge in [0.2, 0.25) is 5.91 Å². The summed E-state index contributed by atoms with van der Waals surface area (Å²) in [7, 11) is 0. The monoisotopic (exact) mass is 387 g/mol. The summed E-state index contributed by atoms with van der Waals surface area (Å²) in [5, 5.41) is 3.22. The van der Waals surface area contributed by atoms with Crippen molar-refractivity contribution in [3.05, 3.63) is 23.8 Å². The van der Waals surface area contributed by atoms with Gasteiger partial charge in [0.1, 0.15) is 6.10 Å². The fraction of sp³-hybridized carbons (Fsp3) is 0.700. The van der Waals surface area contributed by atoms with Gasteiger partial charge in [-0.2, -0.15) is 0 Å². The number of carbonyl (C=O) groups excluding carboxylic acids is 2. The standard InChI is InChI=1S/C20H29N5O3/c1-15-10-23-16(11-22-15)13-25-14-20(3-2-18(25)26)4-7-24(8-5-20)19(27)17-12-21-6-9-28-17/h10-11,17,21H,2-9,12-14H2,1H3. The lowest BCUT2D eigenvalue weighted by Crippen LogP contribution is -2.55. The number of morpholine rings is 1. The molecule has 0 aromatic carbocycles. The molecule has 3 aliphatic heterocycles. The SMILES string of the molecule is Cc1cnc(CN2CC3(CCC2=O)CCN(C(=O)C2CNCCO2)CC3)cn1. The molecule has 1 N–H and O–H groups in total. The molecule has 4 rings (SSSR count). The van der Waals surface area contributed by atoms with E-state index in [0.29, 0.717) is 26.1 Å². The first-order chi connectivity index (χ1) is 13.5. The first kappa shape index (κ1) is 19.3. The van der Waals surface area contributed by atoms with Crippen LogP contribution in [0.4, 0.5) is 0 Å². The first-order valence-electron chi connectivity index (χ1n) is 10.2. The van der Waals surface area contributed by atoms with Crippen LogP contribution in [-0.4, -0.2) is 77.0 Å². The minimum Gasteiger partial charge on any atom is -0.366 e. The van der Waals surface area contributed by atoms with E-state index in [9.17, 15) is 9.59 Å². The number of nitrogens with zero attached hydrogens (tertiary/aromatic N) is 4. The Kier molecular flexibility index (Phi) is 5.59. The van der Waals surface area contributed by atoms with Gasteiger partial charge >= 0.3 is 0 Å². The predicted molar refractivity (Wildman–Crippen MR) is 102 cm³/mol. The van der Waals surface area contributed by atoms with Crippen molar-refractivity contribution in [1.29, 1.82) is 0 Å². The van der Waals surface area contributed by atoms with E-state index in [1.165, 1.54) is 0 Å². The van der Waals surface area contributed by atoms with Crippen molar-refractivity contribution in [1.82, 2.24) is 25.1 Å². The van der Waals surface area contributed by atoms with Crippen LogP contribution in [0.25, 0.3) is 0 Å². The van der Waals surface area contributed by atoms with Crippen LogP contribution in [0.15, 0.2) is 12.4 Å². The summed E-state index contributed by atoms with van der Waals surface area (Å²) in [6.07, 6.45) is 6.49. The van der Waals surface area contributed by atoms with Crippen molar-refractivity contribution in [2.24, 2.45) is 5.41 Å². The van der Waals surface area contributed by atoms with Gasteiger partial charge in [-0.1, -0.05) is 0 Å². The Hall–Kier alpha value is -2.06. The van der Waals surface area contributed by atoms with E-state index in [0.717, 1.165) is 56.8 Å². The Morgan fingerprint density at radius 2 is 2.11 bits per heavy atom. The highest BCUT2D eigenvalue weighted by atomic mass is 16.5. The maximum atomic E-state index is 12.7. The molecular formula is C20H29N5O3. The summed E-state index contributed by atoms with van der Waals surface area (Å²) < 4.78 is 5.62. The second kappa shape index (κ2) is 8.13. The Morgan fingerprint density at radius 1 is 1.29 bits per heavy atom. The molecule has 1 aromatic rings. The zero-order valence-corrected chi connectivity index (χ0v) is 16.5. The second-order valence-corrected chi connectivity index (χ2v) is 8.29. The third kappa shape index (κ3) is 4.17. The largest absolute Gasteiger partial charge is 0.366 e. The summed E-state index contributed by atoms with van der Waals surface area (Å²) in [5.41, 5.74) is 1.80. The first-order valence-corrected chi connectivity index (χ1v) is 10.2. The van der Waals surface area contributed by atoms with E-state index in [1.54, 1.807) is 12.4 Å². The van der Waals surface area contributed by atoms with E-state index in [1.807, 2.05) is 16.7 Å². The van der Waals surface area contributed by atoms with Gasteiger partial charge in [-0.15, -0.1) is 0 Å². The number of carbonyl (C=O) groups is 2. The molecule has 8 nitrogen and oxygen atoms in total. The van der Waals surface area contributed by atoms with Crippen LogP contribution < -0.4 is 5.32 Å². The Bertz CT molecular complexity index is 709. The van der Waals surface area contributed by atoms with Gasteiger partial charge in [0.25, 0.3) is 5.91 Å². The Labute approximate surface area is 165 Å². The van der Waals surface area contributed by atoms with Crippen molar-refractivity contribution in [2.45, 2.75) is 45.3 Å². The smallest absolute Gasteiger partial charge is 0.253 e. The fourth-order valence-corrected chi connectivity index (χ4v) is 4.48. The number of hydrogen-bond acceptors (Lipinski definition) is 6. The number of amides is 2. The molecule has 2 amide bonds. The highest BCUT2D eigenvalue weighted by Gasteiger charge is 2.42. The Morgan fingerprint density at radius 3 is 2.79 bits per heavy atom. The van der Waals surface area contributed by atoms with Crippen LogP contribution in [0, 0.1) is 12.3 Å². The molecule has 0 radical (unpaired) electrons. The maximum Gasteiger partial charge on any atom is 0.253 e. The predicted octanol–water partition coefficient (Wildman–Crippen LogP) is 0.505. The normalized spacial score (nSPS) is 25.2. The zero-order valence-electron chi connectivity index (χ0n) is 16.5. The summed E-state index contributed by atoms with van der Waals surface area (Å²) in [6, 6.07) is 0. The number of piperidine rings is 2. The van der Waals surface area contributed by atoms with Crippen molar-refractivity contribution in [2.75, 3.05) is 39.3 Å². The summed E-state index contributed by atoms with van der Waals surface area (Å²) >= 11 is 0. The minimum absolute atomic E-state index is 0.0979. The molecule has 0 saturated carbocycles. The molecule has 4 heterocycles. The third-order valence-electron chi connectivity index (χ3n) is 6.27. The topological polar surface area (TPSA) is 87.7 Å². The number of aromatic nitrogens is 2. The van der Waals surface area contributed by atoms with Crippen molar-refractivity contribution in [3.8, 4) is 0 Å². The lowest BCUT2D eigenvalue weighted by atomic mass is 9.72. The number of ether oxygens (including phenoxy) is 1. The molecule has 3 aliphatic rings. The third-order valence-corrected chi connectivity index (χ3v) is 6.27. The molecule has 0 aliphatic carbocycles. The van der Waals surface area contributed by atoms with Gasteiger partial charge in [-0.25, -0.2) is 0 Å². The van der Waals surface area contributed by atoms with Crippen LogP contribution in [0.2, 0.25) is 0 Å². The molecule has 1 aromatic heterocycles. The Balaban J connectivity index is 1.35. The van der Waals surface area contributed by atoms with Crippen molar-refractivity contribution >= 4 is 11.8 Å². The molecule has 1 spiro atoms. The summed E-state index contributed by atoms with van der Waals surface area (Å²) in [6.45, 7) is 6.63. The van der Waals surface area contributed by atoms with Gasteiger partial charge < -0.3 is 19.9 Å². The van der Waals surface area contributed by atoms with Gasteiger partial charge in [0, 0.05) is 45.3 Å². The summed E-state index contributed by atoms with van der Waals surface area (Å²) in [5.74, 6) is 0.286. The lowest BCUT2D eigenvalue weighted by molar-refractivity contribution is -0.150. The van der Waals surface area contributed by atoms with E-state index < -0.39 is 0 Å². The van der Waals surface area contributed by atoms with E-state index >= 15 is 0 Å². The van der Waals surface area contributed by atoms with E-state index in [4.69, 9.17) is 4.74 Å². The van der Waals surface area contributed by atoms with Crippen molar-refractivity contribution in [3.63, 3.8) is 0 Å². The molecule has 1 atom stereocenters. The van der Waals surface area contributed by atoms with Crippen LogP contribution in [0.1, 0.15) is 37.1 Å². The molecule has 3 fully saturated rings. The van der Waals surface area contributed by atoms with Crippen LogP contribution in [0.3, 0.4) is 0 Å². The quantitative estimate of drug-likeness (QED) is 0.813. The summed E-state index contributed by atoms with van der Waals surface area (Å²) in [4.78, 5) is 37.7. The fourth-order valence-electron chi connectivity index (χ4n) is 4.48. The van der Waals surface area contributed by atoms with Crippen LogP contribution >= 0.6 is 0 Å². The lowest BCUT2D eigenvalue weighted by Gasteiger charge is -2.47. The second-order valence-electron chi connectivity index (χ2n) is 8.29. The number of hydrogen-bond donors (Lipinski definition) is 1. The molecule has 0 bridgehead atoms. The highest BCUT2D eigenvalue weighted by molar-refractivity contribution is 5.81. The minimum atomic E-state index is -0.354. The maximum absolute atomic E-state index is 12.7. The number of rotatable bonds is 3. The number of likely N-dealkylation sites (tertiary alicyclic amines) is 2. The van der Waals surface area contributed by atoms with Gasteiger partial charge in [-0.3, -0.25) is 19.6 Å². The number of aryl methyl sites for hydroxylation is 1. The average Bonchev–Trinajstić information content (AvgIpc) is 2.73.